The zero-order chi connectivity index (χ0) is 16.5. The standard InChI is InChI=1S/C19H41NOS/c1-5-9-12-13-19(17-22-16-8-4)21-18-20(14-10-6-2)15-11-7-3/h19H,5-18H2,1-4H3. The highest BCUT2D eigenvalue weighted by Gasteiger charge is 2.12. The van der Waals surface area contributed by atoms with Crippen molar-refractivity contribution >= 4 is 11.8 Å². The van der Waals surface area contributed by atoms with Gasteiger partial charge in [-0.2, -0.15) is 11.8 Å². The van der Waals surface area contributed by atoms with E-state index in [1.165, 1.54) is 82.4 Å². The van der Waals surface area contributed by atoms with Crippen LogP contribution in [0.25, 0.3) is 0 Å². The van der Waals surface area contributed by atoms with Gasteiger partial charge in [0.25, 0.3) is 0 Å². The second kappa shape index (κ2) is 17.6. The van der Waals surface area contributed by atoms with Crippen molar-refractivity contribution in [2.45, 2.75) is 91.6 Å². The fraction of sp³-hybridized carbons (Fsp3) is 1.00. The molecular weight excluding hydrogens is 290 g/mol. The monoisotopic (exact) mass is 331 g/mol. The van der Waals surface area contributed by atoms with Gasteiger partial charge >= 0.3 is 0 Å². The van der Waals surface area contributed by atoms with Crippen molar-refractivity contribution in [3.8, 4) is 0 Å². The fourth-order valence-electron chi connectivity index (χ4n) is 2.41. The van der Waals surface area contributed by atoms with E-state index in [-0.39, 0.29) is 0 Å². The number of nitrogens with zero attached hydrogens (tertiary/aromatic N) is 1. The van der Waals surface area contributed by atoms with Crippen LogP contribution in [0.3, 0.4) is 0 Å². The maximum atomic E-state index is 6.30. The van der Waals surface area contributed by atoms with Crippen LogP contribution in [0.15, 0.2) is 0 Å². The minimum atomic E-state index is 0.453. The van der Waals surface area contributed by atoms with Crippen molar-refractivity contribution in [1.29, 1.82) is 0 Å². The molecule has 0 aliphatic carbocycles. The zero-order valence-corrected chi connectivity index (χ0v) is 16.6. The van der Waals surface area contributed by atoms with Gasteiger partial charge in [0, 0.05) is 18.8 Å². The Hall–Kier alpha value is 0.270. The van der Waals surface area contributed by atoms with Gasteiger partial charge in [0.1, 0.15) is 0 Å². The van der Waals surface area contributed by atoms with Crippen LogP contribution in [0.4, 0.5) is 0 Å². The fourth-order valence-corrected chi connectivity index (χ4v) is 3.39. The first-order chi connectivity index (χ1) is 10.8. The van der Waals surface area contributed by atoms with E-state index in [0.717, 1.165) is 6.73 Å². The summed E-state index contributed by atoms with van der Waals surface area (Å²) >= 11 is 2.06. The number of hydrogen-bond donors (Lipinski definition) is 0. The van der Waals surface area contributed by atoms with Gasteiger partial charge in [-0.05, 0) is 31.4 Å². The van der Waals surface area contributed by atoms with Crippen molar-refractivity contribution in [3.63, 3.8) is 0 Å². The first-order valence-corrected chi connectivity index (χ1v) is 10.9. The number of rotatable bonds is 17. The Morgan fingerprint density at radius 3 is 2.00 bits per heavy atom. The summed E-state index contributed by atoms with van der Waals surface area (Å²) in [6.45, 7) is 12.3. The molecule has 0 fully saturated rings. The molecule has 1 atom stereocenters. The summed E-state index contributed by atoms with van der Waals surface area (Å²) in [6.07, 6.45) is 12.0. The smallest absolute Gasteiger partial charge is 0.0994 e. The lowest BCUT2D eigenvalue weighted by atomic mass is 10.1. The van der Waals surface area contributed by atoms with Gasteiger partial charge in [0.15, 0.2) is 0 Å². The molecule has 0 heterocycles. The number of thioether (sulfide) groups is 1. The predicted octanol–water partition coefficient (Wildman–Crippen LogP) is 5.95. The summed E-state index contributed by atoms with van der Waals surface area (Å²) in [7, 11) is 0. The first kappa shape index (κ1) is 22.3. The molecule has 0 amide bonds. The highest BCUT2D eigenvalue weighted by Crippen LogP contribution is 2.14. The second-order valence-corrected chi connectivity index (χ2v) is 7.46. The average Bonchev–Trinajstić information content (AvgIpc) is 2.53. The molecule has 0 spiro atoms. The van der Waals surface area contributed by atoms with E-state index in [2.05, 4.69) is 44.4 Å². The maximum absolute atomic E-state index is 6.30. The third-order valence-corrected chi connectivity index (χ3v) is 5.23. The lowest BCUT2D eigenvalue weighted by Crippen LogP contribution is -2.32. The van der Waals surface area contributed by atoms with Crippen LogP contribution in [0.5, 0.6) is 0 Å². The molecule has 0 saturated heterocycles. The SMILES string of the molecule is CCCCCC(CSCCC)OCN(CCCC)CCCC. The topological polar surface area (TPSA) is 12.5 Å². The van der Waals surface area contributed by atoms with Gasteiger partial charge in [-0.1, -0.05) is 59.8 Å². The molecule has 3 heteroatoms. The summed E-state index contributed by atoms with van der Waals surface area (Å²) in [6, 6.07) is 0. The normalized spacial score (nSPS) is 13.0. The number of hydrogen-bond acceptors (Lipinski definition) is 3. The second-order valence-electron chi connectivity index (χ2n) is 6.31. The Bertz CT molecular complexity index is 196. The van der Waals surface area contributed by atoms with Crippen LogP contribution >= 0.6 is 11.8 Å². The minimum Gasteiger partial charge on any atom is -0.362 e. The van der Waals surface area contributed by atoms with E-state index in [9.17, 15) is 0 Å². The van der Waals surface area contributed by atoms with Gasteiger partial charge in [-0.3, -0.25) is 4.90 Å². The summed E-state index contributed by atoms with van der Waals surface area (Å²) in [5.41, 5.74) is 0. The first-order valence-electron chi connectivity index (χ1n) is 9.70. The number of ether oxygens (including phenoxy) is 1. The Balaban J connectivity index is 4.13. The summed E-state index contributed by atoms with van der Waals surface area (Å²) in [5.74, 6) is 2.44. The van der Waals surface area contributed by atoms with Crippen LogP contribution in [0.2, 0.25) is 0 Å². The Morgan fingerprint density at radius 1 is 0.818 bits per heavy atom. The van der Waals surface area contributed by atoms with Crippen LogP contribution < -0.4 is 0 Å². The van der Waals surface area contributed by atoms with Gasteiger partial charge in [0.2, 0.25) is 0 Å². The lowest BCUT2D eigenvalue weighted by Gasteiger charge is -2.25. The molecule has 134 valence electrons. The molecule has 0 radical (unpaired) electrons. The highest BCUT2D eigenvalue weighted by molar-refractivity contribution is 7.99. The molecule has 1 unspecified atom stereocenters. The van der Waals surface area contributed by atoms with Gasteiger partial charge in [0.05, 0.1) is 12.8 Å². The van der Waals surface area contributed by atoms with Crippen molar-refractivity contribution in [2.75, 3.05) is 31.3 Å². The Kier molecular flexibility index (Phi) is 17.8. The molecule has 0 rings (SSSR count). The van der Waals surface area contributed by atoms with E-state index in [4.69, 9.17) is 4.74 Å². The molecule has 0 bridgehead atoms. The van der Waals surface area contributed by atoms with Crippen molar-refractivity contribution in [3.05, 3.63) is 0 Å². The molecule has 0 aliphatic rings. The maximum Gasteiger partial charge on any atom is 0.0994 e. The predicted molar refractivity (Wildman–Crippen MR) is 103 cm³/mol. The molecular formula is C19H41NOS. The van der Waals surface area contributed by atoms with E-state index < -0.39 is 0 Å². The van der Waals surface area contributed by atoms with Crippen molar-refractivity contribution < 1.29 is 4.74 Å². The van der Waals surface area contributed by atoms with Gasteiger partial charge in [-0.25, -0.2) is 0 Å². The summed E-state index contributed by atoms with van der Waals surface area (Å²) < 4.78 is 6.30. The van der Waals surface area contributed by atoms with Crippen LogP contribution in [-0.4, -0.2) is 42.3 Å². The molecule has 0 N–H and O–H groups in total. The molecule has 0 saturated carbocycles. The molecule has 22 heavy (non-hydrogen) atoms. The van der Waals surface area contributed by atoms with Crippen LogP contribution in [-0.2, 0) is 4.74 Å². The van der Waals surface area contributed by atoms with E-state index in [0.29, 0.717) is 6.10 Å². The molecule has 0 aliphatic heterocycles. The van der Waals surface area contributed by atoms with Gasteiger partial charge in [-0.15, -0.1) is 0 Å². The minimum absolute atomic E-state index is 0.453. The zero-order valence-electron chi connectivity index (χ0n) is 15.7. The van der Waals surface area contributed by atoms with E-state index in [1.807, 2.05) is 0 Å². The van der Waals surface area contributed by atoms with E-state index >= 15 is 0 Å². The third kappa shape index (κ3) is 13.9. The molecule has 2 nitrogen and oxygen atoms in total. The van der Waals surface area contributed by atoms with E-state index in [1.54, 1.807) is 0 Å². The molecule has 0 aromatic heterocycles. The molecule has 0 aromatic carbocycles. The van der Waals surface area contributed by atoms with Crippen molar-refractivity contribution in [2.24, 2.45) is 0 Å². The quantitative estimate of drug-likeness (QED) is 0.241. The van der Waals surface area contributed by atoms with Crippen LogP contribution in [0.1, 0.15) is 85.5 Å². The lowest BCUT2D eigenvalue weighted by molar-refractivity contribution is -0.0174. The Labute approximate surface area is 144 Å². The van der Waals surface area contributed by atoms with Gasteiger partial charge < -0.3 is 4.74 Å². The summed E-state index contributed by atoms with van der Waals surface area (Å²) in [5, 5.41) is 0. The third-order valence-electron chi connectivity index (χ3n) is 3.93. The largest absolute Gasteiger partial charge is 0.362 e. The van der Waals surface area contributed by atoms with Crippen molar-refractivity contribution in [1.82, 2.24) is 4.90 Å². The summed E-state index contributed by atoms with van der Waals surface area (Å²) in [4.78, 5) is 2.52. The number of unbranched alkanes of at least 4 members (excludes halogenated alkanes) is 4. The highest BCUT2D eigenvalue weighted by atomic mass is 32.2. The molecule has 0 aromatic rings. The van der Waals surface area contributed by atoms with Crippen LogP contribution in [0, 0.1) is 0 Å². The average molecular weight is 332 g/mol. The Morgan fingerprint density at radius 2 is 1.45 bits per heavy atom.